The van der Waals surface area contributed by atoms with E-state index in [9.17, 15) is 33.6 Å². The largest absolute Gasteiger partial charge is 0.494 e. The molecule has 0 spiro atoms. The lowest BCUT2D eigenvalue weighted by Crippen LogP contribution is -2.34. The first-order valence-electron chi connectivity index (χ1n) is 28.3. The number of fused-ring (bicyclic) bond motifs is 2. The van der Waals surface area contributed by atoms with Crippen molar-refractivity contribution in [2.45, 2.75) is 78.1 Å². The van der Waals surface area contributed by atoms with E-state index in [-0.39, 0.29) is 135 Å². The summed E-state index contributed by atoms with van der Waals surface area (Å²) in [6.07, 6.45) is 4.97. The Balaban J connectivity index is 0.885. The molecule has 0 radical (unpaired) electrons. The number of imidazole rings is 2. The number of carbonyl (C=O) groups excluding carboxylic acids is 7. The van der Waals surface area contributed by atoms with E-state index in [0.717, 1.165) is 0 Å². The summed E-state index contributed by atoms with van der Waals surface area (Å²) in [6.45, 7) is 11.5. The number of benzene rings is 2. The van der Waals surface area contributed by atoms with E-state index in [2.05, 4.69) is 43.5 Å². The highest BCUT2D eigenvalue weighted by Crippen LogP contribution is 2.33. The van der Waals surface area contributed by atoms with Crippen molar-refractivity contribution in [3.63, 3.8) is 0 Å². The van der Waals surface area contributed by atoms with E-state index in [1.54, 1.807) is 35.1 Å². The van der Waals surface area contributed by atoms with Gasteiger partial charge in [0.25, 0.3) is 11.8 Å². The molecule has 470 valence electrons. The van der Waals surface area contributed by atoms with E-state index in [4.69, 9.17) is 63.2 Å². The van der Waals surface area contributed by atoms with Crippen molar-refractivity contribution in [1.82, 2.24) is 39.3 Å². The van der Waals surface area contributed by atoms with Gasteiger partial charge in [-0.1, -0.05) is 26.0 Å². The van der Waals surface area contributed by atoms with Crippen LogP contribution >= 0.6 is 12.6 Å². The summed E-state index contributed by atoms with van der Waals surface area (Å²) >= 11 is 4.10. The molecule has 7 N–H and O–H groups in total. The Bertz CT molecular complexity index is 3410. The number of oxazole rings is 2. The Morgan fingerprint density at radius 2 is 1.09 bits per heavy atom. The Morgan fingerprint density at radius 1 is 0.644 bits per heavy atom. The number of amides is 7. The fourth-order valence-corrected chi connectivity index (χ4v) is 9.30. The molecule has 0 saturated carbocycles. The van der Waals surface area contributed by atoms with Gasteiger partial charge < -0.3 is 72.6 Å². The van der Waals surface area contributed by atoms with Gasteiger partial charge in [0.05, 0.1) is 127 Å². The molecule has 1 aliphatic rings. The van der Waals surface area contributed by atoms with E-state index in [1.165, 1.54) is 36.3 Å². The van der Waals surface area contributed by atoms with Crippen LogP contribution in [0.5, 0.6) is 11.5 Å². The molecule has 7 amide bonds. The van der Waals surface area contributed by atoms with Gasteiger partial charge in [0.15, 0.2) is 11.8 Å². The van der Waals surface area contributed by atoms with Gasteiger partial charge >= 0.3 is 0 Å². The third kappa shape index (κ3) is 18.4. The van der Waals surface area contributed by atoms with Gasteiger partial charge in [0, 0.05) is 57.5 Å². The van der Waals surface area contributed by atoms with Gasteiger partial charge in [0.2, 0.25) is 53.0 Å². The second-order valence-electron chi connectivity index (χ2n) is 19.4. The molecule has 4 aromatic heterocycles. The number of nitrogens with zero attached hydrogens (tertiary/aromatic N) is 7. The first-order chi connectivity index (χ1) is 42.0. The van der Waals surface area contributed by atoms with Crippen molar-refractivity contribution in [2.24, 2.45) is 11.5 Å². The van der Waals surface area contributed by atoms with E-state index in [0.29, 0.717) is 118 Å². The molecule has 7 rings (SSSR count). The summed E-state index contributed by atoms with van der Waals surface area (Å²) in [5.74, 6) is -2.20. The molecule has 1 atom stereocenters. The number of aromatic nitrogens is 6. The zero-order chi connectivity index (χ0) is 62.4. The number of aryl methyl sites for hydroxylation is 4. The maximum absolute atomic E-state index is 13.9. The van der Waals surface area contributed by atoms with Gasteiger partial charge in [0.1, 0.15) is 22.5 Å². The van der Waals surface area contributed by atoms with Crippen molar-refractivity contribution >= 4 is 87.9 Å². The highest BCUT2D eigenvalue weighted by molar-refractivity contribution is 7.81. The van der Waals surface area contributed by atoms with E-state index in [1.807, 2.05) is 13.8 Å². The summed E-state index contributed by atoms with van der Waals surface area (Å²) in [7, 11) is 1.43. The second-order valence-corrected chi connectivity index (χ2v) is 20.0. The third-order valence-corrected chi connectivity index (χ3v) is 13.6. The quantitative estimate of drug-likeness (QED) is 0.0139. The van der Waals surface area contributed by atoms with Crippen LogP contribution in [0.4, 0.5) is 11.9 Å². The number of likely N-dealkylation sites (tertiary alicyclic amines) is 1. The van der Waals surface area contributed by atoms with Crippen molar-refractivity contribution in [3.8, 4) is 11.5 Å². The number of carbonyl (C=O) groups is 7. The minimum absolute atomic E-state index is 0.000376. The SMILES string of the molecule is CCc1nc(C)oc1C(=O)Nc1nc2cc(C(N)=O)cc(OC)c2n1C/C=C/Cn1c(NC(=O)c2oc(C)nc2CC)nc2cc(C(N)=O)cc(OCCCNC(=O)CCOCCOCCOCCOCCOCCOCCN3C(=O)CC(S)C3=O)c21. The molecule has 29 nitrogen and oxygen atoms in total. The summed E-state index contributed by atoms with van der Waals surface area (Å²) in [6, 6.07) is 5.92. The number of nitrogens with two attached hydrogens (primary N) is 2. The first-order valence-corrected chi connectivity index (χ1v) is 28.8. The van der Waals surface area contributed by atoms with Gasteiger partial charge in [-0.3, -0.25) is 49.1 Å². The number of hydrogen-bond acceptors (Lipinski definition) is 22. The number of allylic oxidation sites excluding steroid dienone is 2. The Morgan fingerprint density at radius 3 is 1.53 bits per heavy atom. The highest BCUT2D eigenvalue weighted by Gasteiger charge is 2.36. The number of methoxy groups -OCH3 is 1. The molecule has 5 heterocycles. The maximum atomic E-state index is 13.9. The summed E-state index contributed by atoms with van der Waals surface area (Å²) < 4.78 is 59.7. The molecule has 2 aromatic carbocycles. The van der Waals surface area contributed by atoms with Crippen LogP contribution in [-0.2, 0) is 68.7 Å². The van der Waals surface area contributed by atoms with Gasteiger partial charge in [-0.15, -0.1) is 0 Å². The number of imide groups is 1. The van der Waals surface area contributed by atoms with Crippen LogP contribution in [0.15, 0.2) is 45.3 Å². The molecule has 87 heavy (non-hydrogen) atoms. The normalized spacial score (nSPS) is 13.4. The number of hydrogen-bond donors (Lipinski definition) is 6. The average molecular weight is 1230 g/mol. The molecule has 6 aromatic rings. The lowest BCUT2D eigenvalue weighted by molar-refractivity contribution is -0.139. The van der Waals surface area contributed by atoms with Crippen LogP contribution in [-0.4, -0.2) is 187 Å². The fraction of sp³-hybridized carbons (Fsp3) is 0.491. The van der Waals surface area contributed by atoms with Crippen molar-refractivity contribution in [2.75, 3.05) is 117 Å². The van der Waals surface area contributed by atoms with Gasteiger partial charge in [-0.25, -0.2) is 19.9 Å². The standard InChI is InChI=1S/C57H74N12O17S/c1-6-38-49(85-34(3)61-38)53(74)65-56-63-40-29-36(51(58)72)31-42(77-5)47(40)68(56)13-8-9-14-69-48-41(64-57(69)66-54(75)50-39(7-2)62-35(4)86-50)30-37(52(59)73)32-43(48)84-16-10-12-60-45(70)11-17-78-19-21-80-23-25-82-27-28-83-26-24-81-22-20-79-18-15-67-46(71)33-44(87)55(67)76/h8-9,29-32,44,87H,6-7,10-28,33H2,1-5H3,(H2,58,72)(H2,59,73)(H,60,70)(H,63,65,74)(H,64,66,75)/b9-8+. The predicted molar refractivity (Wildman–Crippen MR) is 316 cm³/mol. The molecular weight excluding hydrogens is 1160 g/mol. The van der Waals surface area contributed by atoms with Crippen LogP contribution in [0.2, 0.25) is 0 Å². The average Bonchev–Trinajstić information content (AvgIpc) is 2.15. The number of ether oxygens (including phenoxy) is 8. The number of thiol groups is 1. The zero-order valence-corrected chi connectivity index (χ0v) is 50.2. The maximum Gasteiger partial charge on any atom is 0.295 e. The van der Waals surface area contributed by atoms with Gasteiger partial charge in [-0.2, -0.15) is 12.6 Å². The minimum atomic E-state index is -0.752. The van der Waals surface area contributed by atoms with Crippen molar-refractivity contribution in [1.29, 1.82) is 0 Å². The zero-order valence-electron chi connectivity index (χ0n) is 49.3. The van der Waals surface area contributed by atoms with Crippen LogP contribution in [0.3, 0.4) is 0 Å². The van der Waals surface area contributed by atoms with Crippen LogP contribution < -0.4 is 36.9 Å². The van der Waals surface area contributed by atoms with Crippen LogP contribution in [0.25, 0.3) is 22.1 Å². The third-order valence-electron chi connectivity index (χ3n) is 13.2. The molecule has 1 aliphatic heterocycles. The van der Waals surface area contributed by atoms with Crippen LogP contribution in [0, 0.1) is 13.8 Å². The summed E-state index contributed by atoms with van der Waals surface area (Å²) in [4.78, 5) is 108. The van der Waals surface area contributed by atoms with Crippen molar-refractivity contribution < 1.29 is 80.3 Å². The predicted octanol–water partition coefficient (Wildman–Crippen LogP) is 3.50. The Kier molecular flexibility index (Phi) is 25.2. The fourth-order valence-electron chi connectivity index (χ4n) is 9.00. The molecule has 0 aliphatic carbocycles. The summed E-state index contributed by atoms with van der Waals surface area (Å²) in [5.41, 5.74) is 13.9. The smallest absolute Gasteiger partial charge is 0.295 e. The molecule has 1 unspecified atom stereocenters. The Labute approximate surface area is 505 Å². The lowest BCUT2D eigenvalue weighted by atomic mass is 10.1. The van der Waals surface area contributed by atoms with Gasteiger partial charge in [-0.05, 0) is 43.5 Å². The minimum Gasteiger partial charge on any atom is -0.494 e. The second kappa shape index (κ2) is 33.0. The topological polar surface area (TPSA) is 372 Å². The summed E-state index contributed by atoms with van der Waals surface area (Å²) in [5, 5.41) is 7.95. The first kappa shape index (κ1) is 66.3. The van der Waals surface area contributed by atoms with Crippen molar-refractivity contribution in [3.05, 3.63) is 82.2 Å². The highest BCUT2D eigenvalue weighted by atomic mass is 32.1. The van der Waals surface area contributed by atoms with Crippen LogP contribution in [0.1, 0.15) is 98.1 Å². The number of rotatable bonds is 39. The number of anilines is 2. The molecule has 30 heteroatoms. The van der Waals surface area contributed by atoms with E-state index >= 15 is 0 Å². The molecule has 0 bridgehead atoms. The number of nitrogens with one attached hydrogen (secondary N) is 3. The molecule has 1 fully saturated rings. The number of primary amides is 2. The monoisotopic (exact) mass is 1230 g/mol. The lowest BCUT2D eigenvalue weighted by Gasteiger charge is -2.14. The Hall–Kier alpha value is -8.26. The molecular formula is C57H74N12O17S. The van der Waals surface area contributed by atoms with E-state index < -0.39 is 28.9 Å². The molecule has 1 saturated heterocycles.